The van der Waals surface area contributed by atoms with Gasteiger partial charge in [-0.2, -0.15) is 5.26 Å². The predicted octanol–water partition coefficient (Wildman–Crippen LogP) is 2.70. The molecule has 114 valence electrons. The maximum absolute atomic E-state index is 11.5. The highest BCUT2D eigenvalue weighted by molar-refractivity contribution is 8.18. The van der Waals surface area contributed by atoms with Crippen LogP contribution in [0, 0.1) is 11.3 Å². The molecule has 0 spiro atoms. The van der Waals surface area contributed by atoms with Gasteiger partial charge in [0, 0.05) is 6.42 Å². The van der Waals surface area contributed by atoms with E-state index < -0.39 is 5.91 Å². The zero-order valence-corrected chi connectivity index (χ0v) is 12.7. The summed E-state index contributed by atoms with van der Waals surface area (Å²) in [5, 5.41) is 10.3. The quantitative estimate of drug-likeness (QED) is 0.641. The first kappa shape index (κ1) is 15.9. The molecule has 1 aliphatic rings. The van der Waals surface area contributed by atoms with Crippen LogP contribution in [-0.2, 0) is 4.79 Å². The third-order valence-corrected chi connectivity index (χ3v) is 3.63. The van der Waals surface area contributed by atoms with Gasteiger partial charge in [0.1, 0.15) is 0 Å². The third kappa shape index (κ3) is 4.02. The van der Waals surface area contributed by atoms with Crippen molar-refractivity contribution in [3.8, 4) is 17.6 Å². The lowest BCUT2D eigenvalue weighted by molar-refractivity contribution is -0.115. The SMILES string of the molecule is COc1cc(/C=C2/SC(=O)NC2=O)ccc1OCCCC#N. The highest BCUT2D eigenvalue weighted by Gasteiger charge is 2.25. The van der Waals surface area contributed by atoms with Gasteiger partial charge >= 0.3 is 0 Å². The molecule has 1 fully saturated rings. The van der Waals surface area contributed by atoms with E-state index >= 15 is 0 Å². The molecule has 0 aromatic heterocycles. The molecule has 7 heteroatoms. The van der Waals surface area contributed by atoms with Gasteiger partial charge in [-0.3, -0.25) is 14.9 Å². The summed E-state index contributed by atoms with van der Waals surface area (Å²) in [7, 11) is 1.52. The number of thioether (sulfide) groups is 1. The van der Waals surface area contributed by atoms with Crippen molar-refractivity contribution >= 4 is 29.0 Å². The van der Waals surface area contributed by atoms with Crippen molar-refractivity contribution < 1.29 is 19.1 Å². The van der Waals surface area contributed by atoms with Crippen molar-refractivity contribution in [1.82, 2.24) is 5.32 Å². The number of nitrogens with zero attached hydrogens (tertiary/aromatic N) is 1. The molecule has 1 aromatic carbocycles. The van der Waals surface area contributed by atoms with Crippen LogP contribution >= 0.6 is 11.8 Å². The molecular weight excluding hydrogens is 304 g/mol. The number of amides is 2. The number of hydrogen-bond donors (Lipinski definition) is 1. The number of unbranched alkanes of at least 4 members (excludes halogenated alkanes) is 1. The fourth-order valence-corrected chi connectivity index (χ4v) is 2.48. The number of hydrogen-bond acceptors (Lipinski definition) is 6. The monoisotopic (exact) mass is 318 g/mol. The van der Waals surface area contributed by atoms with Crippen LogP contribution in [0.5, 0.6) is 11.5 Å². The van der Waals surface area contributed by atoms with E-state index in [0.29, 0.717) is 35.9 Å². The Hall–Kier alpha value is -2.46. The lowest BCUT2D eigenvalue weighted by atomic mass is 10.2. The molecule has 2 rings (SSSR count). The Bertz CT molecular complexity index is 664. The van der Waals surface area contributed by atoms with Crippen LogP contribution < -0.4 is 14.8 Å². The molecule has 1 aliphatic heterocycles. The number of imide groups is 1. The van der Waals surface area contributed by atoms with Gasteiger partial charge in [0.15, 0.2) is 11.5 Å². The zero-order chi connectivity index (χ0) is 15.9. The molecule has 0 bridgehead atoms. The molecule has 0 saturated carbocycles. The maximum Gasteiger partial charge on any atom is 0.290 e. The maximum atomic E-state index is 11.5. The van der Waals surface area contributed by atoms with Crippen molar-refractivity contribution in [2.45, 2.75) is 12.8 Å². The Morgan fingerprint density at radius 2 is 2.18 bits per heavy atom. The number of methoxy groups -OCH3 is 1. The predicted molar refractivity (Wildman–Crippen MR) is 82.4 cm³/mol. The molecule has 1 saturated heterocycles. The summed E-state index contributed by atoms with van der Waals surface area (Å²) in [6.07, 6.45) is 2.70. The number of carbonyl (C=O) groups excluding carboxylic acids is 2. The van der Waals surface area contributed by atoms with Crippen molar-refractivity contribution in [1.29, 1.82) is 5.26 Å². The van der Waals surface area contributed by atoms with E-state index in [4.69, 9.17) is 14.7 Å². The van der Waals surface area contributed by atoms with Crippen molar-refractivity contribution in [3.05, 3.63) is 28.7 Å². The average Bonchev–Trinajstić information content (AvgIpc) is 2.82. The standard InChI is InChI=1S/C15H14N2O4S/c1-20-12-8-10(9-13-14(18)17-15(19)22-13)4-5-11(12)21-7-3-2-6-16/h4-5,8-9H,2-3,7H2,1H3,(H,17,18,19)/b13-9+. The van der Waals surface area contributed by atoms with E-state index in [-0.39, 0.29) is 5.24 Å². The minimum Gasteiger partial charge on any atom is -0.493 e. The van der Waals surface area contributed by atoms with Gasteiger partial charge < -0.3 is 9.47 Å². The van der Waals surface area contributed by atoms with Crippen LogP contribution in [-0.4, -0.2) is 24.9 Å². The lowest BCUT2D eigenvalue weighted by Crippen LogP contribution is -2.17. The fourth-order valence-electron chi connectivity index (χ4n) is 1.80. The van der Waals surface area contributed by atoms with Gasteiger partial charge in [0.25, 0.3) is 11.1 Å². The normalized spacial score (nSPS) is 15.5. The number of rotatable bonds is 6. The summed E-state index contributed by atoms with van der Waals surface area (Å²) in [5.41, 5.74) is 0.730. The summed E-state index contributed by atoms with van der Waals surface area (Å²) in [4.78, 5) is 23.0. The molecule has 0 atom stereocenters. The highest BCUT2D eigenvalue weighted by atomic mass is 32.2. The van der Waals surface area contributed by atoms with E-state index in [1.54, 1.807) is 24.3 Å². The molecule has 22 heavy (non-hydrogen) atoms. The van der Waals surface area contributed by atoms with E-state index in [1.165, 1.54) is 7.11 Å². The van der Waals surface area contributed by atoms with Gasteiger partial charge in [0.05, 0.1) is 24.7 Å². The minimum absolute atomic E-state index is 0.342. The Balaban J connectivity index is 2.12. The largest absolute Gasteiger partial charge is 0.493 e. The first-order valence-corrected chi connectivity index (χ1v) is 7.38. The number of ether oxygens (including phenoxy) is 2. The van der Waals surface area contributed by atoms with Gasteiger partial charge in [-0.15, -0.1) is 0 Å². The van der Waals surface area contributed by atoms with Crippen molar-refractivity contribution in [2.24, 2.45) is 0 Å². The molecular formula is C15H14N2O4S. The molecule has 0 aliphatic carbocycles. The van der Waals surface area contributed by atoms with Crippen LogP contribution in [0.3, 0.4) is 0 Å². The average molecular weight is 318 g/mol. The molecule has 1 heterocycles. The molecule has 0 unspecified atom stereocenters. The van der Waals surface area contributed by atoms with Crippen LogP contribution in [0.25, 0.3) is 6.08 Å². The number of nitriles is 1. The summed E-state index contributed by atoms with van der Waals surface area (Å²) in [5.74, 6) is 0.703. The second-order valence-electron chi connectivity index (χ2n) is 4.37. The summed E-state index contributed by atoms with van der Waals surface area (Å²) in [6, 6.07) is 7.28. The van der Waals surface area contributed by atoms with E-state index in [1.807, 2.05) is 0 Å². The van der Waals surface area contributed by atoms with Crippen molar-refractivity contribution in [3.63, 3.8) is 0 Å². The fraction of sp³-hybridized carbons (Fsp3) is 0.267. The third-order valence-electron chi connectivity index (χ3n) is 2.82. The smallest absolute Gasteiger partial charge is 0.290 e. The van der Waals surface area contributed by atoms with E-state index in [0.717, 1.165) is 17.3 Å². The van der Waals surface area contributed by atoms with Gasteiger partial charge in [0.2, 0.25) is 0 Å². The van der Waals surface area contributed by atoms with Crippen LogP contribution in [0.2, 0.25) is 0 Å². The summed E-state index contributed by atoms with van der Waals surface area (Å²) < 4.78 is 10.8. The van der Waals surface area contributed by atoms with E-state index in [2.05, 4.69) is 11.4 Å². The Morgan fingerprint density at radius 1 is 1.36 bits per heavy atom. The summed E-state index contributed by atoms with van der Waals surface area (Å²) >= 11 is 0.864. The van der Waals surface area contributed by atoms with Crippen LogP contribution in [0.4, 0.5) is 4.79 Å². The molecule has 6 nitrogen and oxygen atoms in total. The number of benzene rings is 1. The molecule has 2 amide bonds. The molecule has 0 radical (unpaired) electrons. The second kappa shape index (κ2) is 7.52. The number of nitrogens with one attached hydrogen (secondary N) is 1. The van der Waals surface area contributed by atoms with Crippen molar-refractivity contribution in [2.75, 3.05) is 13.7 Å². The van der Waals surface area contributed by atoms with Crippen LogP contribution in [0.1, 0.15) is 18.4 Å². The number of carbonyl (C=O) groups is 2. The summed E-state index contributed by atoms with van der Waals surface area (Å²) in [6.45, 7) is 0.428. The Kier molecular flexibility index (Phi) is 5.44. The van der Waals surface area contributed by atoms with Gasteiger partial charge in [-0.05, 0) is 42.0 Å². The molecule has 1 aromatic rings. The minimum atomic E-state index is -0.397. The topological polar surface area (TPSA) is 88.4 Å². The zero-order valence-electron chi connectivity index (χ0n) is 11.9. The Morgan fingerprint density at radius 3 is 2.82 bits per heavy atom. The second-order valence-corrected chi connectivity index (χ2v) is 5.39. The first-order valence-electron chi connectivity index (χ1n) is 6.56. The van der Waals surface area contributed by atoms with Crippen LogP contribution in [0.15, 0.2) is 23.1 Å². The Labute approximate surface area is 132 Å². The highest BCUT2D eigenvalue weighted by Crippen LogP contribution is 2.31. The van der Waals surface area contributed by atoms with Gasteiger partial charge in [-0.25, -0.2) is 0 Å². The lowest BCUT2D eigenvalue weighted by Gasteiger charge is -2.10. The van der Waals surface area contributed by atoms with E-state index in [9.17, 15) is 9.59 Å². The first-order chi connectivity index (χ1) is 10.6. The van der Waals surface area contributed by atoms with Gasteiger partial charge in [-0.1, -0.05) is 6.07 Å². The molecule has 1 N–H and O–H groups in total.